The van der Waals surface area contributed by atoms with Crippen LogP contribution in [0.5, 0.6) is 0 Å². The molecule has 4 rings (SSSR count). The summed E-state index contributed by atoms with van der Waals surface area (Å²) in [5.41, 5.74) is -0.00239. The Balaban J connectivity index is 1.65. The molecule has 0 saturated carbocycles. The molecule has 1 saturated heterocycles. The van der Waals surface area contributed by atoms with Crippen LogP contribution in [0.1, 0.15) is 5.69 Å². The zero-order valence-electron chi connectivity index (χ0n) is 15.3. The summed E-state index contributed by atoms with van der Waals surface area (Å²) in [5, 5.41) is 4.05. The summed E-state index contributed by atoms with van der Waals surface area (Å²) in [6, 6.07) is 3.94. The molecule has 11 heteroatoms. The molecule has 1 aliphatic heterocycles. The van der Waals surface area contributed by atoms with Crippen LogP contribution < -0.4 is 9.80 Å². The fourth-order valence-electron chi connectivity index (χ4n) is 3.06. The minimum absolute atomic E-state index is 0.0540. The molecule has 3 aromatic rings. The summed E-state index contributed by atoms with van der Waals surface area (Å²) in [5.74, 6) is -0.264. The quantitative estimate of drug-likeness (QED) is 0.667. The van der Waals surface area contributed by atoms with E-state index in [4.69, 9.17) is 0 Å². The second-order valence-corrected chi connectivity index (χ2v) is 6.51. The summed E-state index contributed by atoms with van der Waals surface area (Å²) in [6.45, 7) is 0.532. The predicted octanol–water partition coefficient (Wildman–Crippen LogP) is 2.14. The van der Waals surface area contributed by atoms with E-state index in [0.29, 0.717) is 24.3 Å². The van der Waals surface area contributed by atoms with E-state index in [1.807, 2.05) is 0 Å². The first-order valence-electron chi connectivity index (χ1n) is 8.72. The maximum atomic E-state index is 13.4. The molecule has 0 N–H and O–H groups in total. The maximum absolute atomic E-state index is 13.4. The molecular formula is C18H16F3N7O. The summed E-state index contributed by atoms with van der Waals surface area (Å²) >= 11 is 0. The summed E-state index contributed by atoms with van der Waals surface area (Å²) in [6.07, 6.45) is 1.55. The standard InChI is InChI=1S/C18H16F3N7O/c1-26-10-13(9-23-26)28-7-6-27(11-16(28)29)15-8-14(18(19,20)21)24-17(25-15)12-2-4-22-5-3-12/h2-5,8-10H,6-7,11H2,1H3. The van der Waals surface area contributed by atoms with Crippen molar-refractivity contribution in [3.63, 3.8) is 0 Å². The van der Waals surface area contributed by atoms with Gasteiger partial charge in [-0.2, -0.15) is 18.3 Å². The van der Waals surface area contributed by atoms with E-state index in [-0.39, 0.29) is 24.1 Å². The molecule has 0 atom stereocenters. The van der Waals surface area contributed by atoms with Crippen molar-refractivity contribution in [1.82, 2.24) is 24.7 Å². The van der Waals surface area contributed by atoms with Gasteiger partial charge in [-0.15, -0.1) is 0 Å². The van der Waals surface area contributed by atoms with E-state index in [0.717, 1.165) is 6.07 Å². The second-order valence-electron chi connectivity index (χ2n) is 6.51. The lowest BCUT2D eigenvalue weighted by Crippen LogP contribution is -2.51. The molecule has 4 heterocycles. The highest BCUT2D eigenvalue weighted by atomic mass is 19.4. The SMILES string of the molecule is Cn1cc(N2CCN(c3cc(C(F)(F)F)nc(-c4ccncc4)n3)CC2=O)cn1. The zero-order valence-corrected chi connectivity index (χ0v) is 15.3. The van der Waals surface area contributed by atoms with Crippen LogP contribution >= 0.6 is 0 Å². The van der Waals surface area contributed by atoms with E-state index >= 15 is 0 Å². The van der Waals surface area contributed by atoms with Gasteiger partial charge in [0.1, 0.15) is 5.82 Å². The van der Waals surface area contributed by atoms with Gasteiger partial charge in [0.2, 0.25) is 5.91 Å². The molecule has 0 unspecified atom stereocenters. The second kappa shape index (κ2) is 7.15. The number of piperazine rings is 1. The highest BCUT2D eigenvalue weighted by Gasteiger charge is 2.35. The third-order valence-electron chi connectivity index (χ3n) is 4.49. The van der Waals surface area contributed by atoms with Gasteiger partial charge >= 0.3 is 6.18 Å². The Hall–Kier alpha value is -3.50. The van der Waals surface area contributed by atoms with Gasteiger partial charge in [0.15, 0.2) is 11.5 Å². The average Bonchev–Trinajstić information content (AvgIpc) is 3.13. The Labute approximate surface area is 163 Å². The number of nitrogens with zero attached hydrogens (tertiary/aromatic N) is 7. The molecule has 1 amide bonds. The monoisotopic (exact) mass is 403 g/mol. The Kier molecular flexibility index (Phi) is 4.65. The molecule has 8 nitrogen and oxygen atoms in total. The van der Waals surface area contributed by atoms with E-state index < -0.39 is 11.9 Å². The number of carbonyl (C=O) groups excluding carboxylic acids is 1. The molecular weight excluding hydrogens is 387 g/mol. The van der Waals surface area contributed by atoms with Gasteiger partial charge in [-0.05, 0) is 12.1 Å². The van der Waals surface area contributed by atoms with Gasteiger partial charge in [0, 0.05) is 50.4 Å². The normalized spacial score (nSPS) is 15.1. The number of hydrogen-bond acceptors (Lipinski definition) is 6. The van der Waals surface area contributed by atoms with Crippen molar-refractivity contribution in [2.24, 2.45) is 7.05 Å². The lowest BCUT2D eigenvalue weighted by Gasteiger charge is -2.34. The Morgan fingerprint density at radius 3 is 2.48 bits per heavy atom. The Morgan fingerprint density at radius 2 is 1.86 bits per heavy atom. The first kappa shape index (κ1) is 18.8. The number of halogens is 3. The van der Waals surface area contributed by atoms with Crippen LogP contribution in [0.15, 0.2) is 43.0 Å². The van der Waals surface area contributed by atoms with E-state index in [1.165, 1.54) is 29.4 Å². The van der Waals surface area contributed by atoms with Gasteiger partial charge < -0.3 is 9.80 Å². The number of anilines is 2. The first-order chi connectivity index (χ1) is 13.8. The van der Waals surface area contributed by atoms with Crippen molar-refractivity contribution in [2.45, 2.75) is 6.18 Å². The van der Waals surface area contributed by atoms with Crippen molar-refractivity contribution in [1.29, 1.82) is 0 Å². The Bertz CT molecular complexity index is 1040. The molecule has 150 valence electrons. The van der Waals surface area contributed by atoms with Gasteiger partial charge in [0.25, 0.3) is 0 Å². The average molecular weight is 403 g/mol. The summed E-state index contributed by atoms with van der Waals surface area (Å²) in [7, 11) is 1.74. The predicted molar refractivity (Wildman–Crippen MR) is 98.0 cm³/mol. The van der Waals surface area contributed by atoms with Crippen LogP contribution in [0.3, 0.4) is 0 Å². The number of hydrogen-bond donors (Lipinski definition) is 0. The number of aromatic nitrogens is 5. The number of carbonyl (C=O) groups is 1. The lowest BCUT2D eigenvalue weighted by molar-refractivity contribution is -0.141. The van der Waals surface area contributed by atoms with Crippen molar-refractivity contribution < 1.29 is 18.0 Å². The molecule has 0 radical (unpaired) electrons. The lowest BCUT2D eigenvalue weighted by atomic mass is 10.2. The van der Waals surface area contributed by atoms with Crippen LogP contribution in [-0.2, 0) is 18.0 Å². The van der Waals surface area contributed by atoms with Gasteiger partial charge in [0.05, 0.1) is 18.4 Å². The van der Waals surface area contributed by atoms with Crippen LogP contribution in [0.25, 0.3) is 11.4 Å². The van der Waals surface area contributed by atoms with Crippen LogP contribution in [0, 0.1) is 0 Å². The number of alkyl halides is 3. The van der Waals surface area contributed by atoms with E-state index in [1.54, 1.807) is 29.0 Å². The van der Waals surface area contributed by atoms with Gasteiger partial charge in [-0.3, -0.25) is 14.5 Å². The number of pyridine rings is 1. The van der Waals surface area contributed by atoms with Crippen molar-refractivity contribution in [2.75, 3.05) is 29.4 Å². The van der Waals surface area contributed by atoms with Crippen molar-refractivity contribution in [3.8, 4) is 11.4 Å². The summed E-state index contributed by atoms with van der Waals surface area (Å²) < 4.78 is 41.7. The maximum Gasteiger partial charge on any atom is 0.433 e. The molecule has 29 heavy (non-hydrogen) atoms. The zero-order chi connectivity index (χ0) is 20.6. The third-order valence-corrected chi connectivity index (χ3v) is 4.49. The smallest absolute Gasteiger partial charge is 0.345 e. The topological polar surface area (TPSA) is 80.0 Å². The van der Waals surface area contributed by atoms with Crippen LogP contribution in [0.4, 0.5) is 24.7 Å². The van der Waals surface area contributed by atoms with E-state index in [2.05, 4.69) is 20.1 Å². The largest absolute Gasteiger partial charge is 0.433 e. The van der Waals surface area contributed by atoms with Crippen molar-refractivity contribution >= 4 is 17.4 Å². The Morgan fingerprint density at radius 1 is 1.10 bits per heavy atom. The molecule has 0 aliphatic carbocycles. The minimum Gasteiger partial charge on any atom is -0.345 e. The molecule has 0 bridgehead atoms. The highest BCUT2D eigenvalue weighted by molar-refractivity contribution is 5.97. The molecule has 1 aliphatic rings. The number of aryl methyl sites for hydroxylation is 1. The summed E-state index contributed by atoms with van der Waals surface area (Å²) in [4.78, 5) is 27.5. The number of amides is 1. The van der Waals surface area contributed by atoms with Crippen molar-refractivity contribution in [3.05, 3.63) is 48.7 Å². The first-order valence-corrected chi connectivity index (χ1v) is 8.72. The van der Waals surface area contributed by atoms with E-state index in [9.17, 15) is 18.0 Å². The minimum atomic E-state index is -4.64. The van der Waals surface area contributed by atoms with Crippen LogP contribution in [0.2, 0.25) is 0 Å². The molecule has 1 fully saturated rings. The molecule has 0 spiro atoms. The fourth-order valence-corrected chi connectivity index (χ4v) is 3.06. The molecule has 3 aromatic heterocycles. The highest BCUT2D eigenvalue weighted by Crippen LogP contribution is 2.32. The van der Waals surface area contributed by atoms with Crippen LogP contribution in [-0.4, -0.2) is 50.3 Å². The number of rotatable bonds is 3. The third kappa shape index (κ3) is 3.89. The van der Waals surface area contributed by atoms with Gasteiger partial charge in [-0.1, -0.05) is 0 Å². The molecule has 0 aromatic carbocycles. The van der Waals surface area contributed by atoms with Gasteiger partial charge in [-0.25, -0.2) is 9.97 Å². The fraction of sp³-hybridized carbons (Fsp3) is 0.278.